The summed E-state index contributed by atoms with van der Waals surface area (Å²) in [5, 5.41) is 0. The molecule has 0 aliphatic rings. The zero-order valence-electron chi connectivity index (χ0n) is 14.3. The van der Waals surface area contributed by atoms with Crippen molar-refractivity contribution in [2.45, 2.75) is 18.2 Å². The van der Waals surface area contributed by atoms with E-state index in [0.29, 0.717) is 17.8 Å². The van der Waals surface area contributed by atoms with E-state index >= 15 is 0 Å². The standard InChI is InChI=1S/C19H20N2O2S2/c1-3-23-15-10-7-11-16-18(15)21(2)19(25-16)20-17(22)12-13-24-14-8-5-4-6-9-14/h4-11H,3,12-13H2,1-2H3. The molecule has 1 heterocycles. The highest BCUT2D eigenvalue weighted by Gasteiger charge is 2.10. The molecule has 3 rings (SSSR count). The van der Waals surface area contributed by atoms with Gasteiger partial charge in [0, 0.05) is 24.1 Å². The number of aryl methyl sites for hydroxylation is 1. The van der Waals surface area contributed by atoms with Gasteiger partial charge in [-0.15, -0.1) is 11.8 Å². The molecule has 0 spiro atoms. The van der Waals surface area contributed by atoms with Crippen LogP contribution in [-0.4, -0.2) is 22.8 Å². The Bertz CT molecular complexity index is 929. The summed E-state index contributed by atoms with van der Waals surface area (Å²) in [4.78, 5) is 18.4. The number of rotatable bonds is 6. The lowest BCUT2D eigenvalue weighted by Gasteiger charge is -2.05. The second-order valence-corrected chi connectivity index (χ2v) is 7.57. The SMILES string of the molecule is CCOc1cccc2sc(=NC(=O)CCSc3ccccc3)n(C)c12. The van der Waals surface area contributed by atoms with Gasteiger partial charge in [-0.2, -0.15) is 4.99 Å². The predicted molar refractivity (Wildman–Crippen MR) is 104 cm³/mol. The van der Waals surface area contributed by atoms with Crippen molar-refractivity contribution in [3.8, 4) is 5.75 Å². The molecule has 1 aromatic heterocycles. The molecule has 0 aliphatic carbocycles. The van der Waals surface area contributed by atoms with Gasteiger partial charge in [0.15, 0.2) is 4.80 Å². The van der Waals surface area contributed by atoms with Crippen molar-refractivity contribution in [3.63, 3.8) is 0 Å². The van der Waals surface area contributed by atoms with Gasteiger partial charge in [-0.25, -0.2) is 0 Å². The number of carbonyl (C=O) groups is 1. The first-order valence-corrected chi connectivity index (χ1v) is 9.96. The van der Waals surface area contributed by atoms with Gasteiger partial charge in [-0.3, -0.25) is 4.79 Å². The molecule has 2 aromatic carbocycles. The molecule has 0 N–H and O–H groups in total. The Labute approximate surface area is 155 Å². The topological polar surface area (TPSA) is 43.6 Å². The first kappa shape index (κ1) is 17.8. The van der Waals surface area contributed by atoms with E-state index in [1.165, 1.54) is 16.2 Å². The van der Waals surface area contributed by atoms with Gasteiger partial charge >= 0.3 is 0 Å². The summed E-state index contributed by atoms with van der Waals surface area (Å²) in [7, 11) is 1.92. The average Bonchev–Trinajstić information content (AvgIpc) is 2.93. The lowest BCUT2D eigenvalue weighted by molar-refractivity contribution is -0.117. The van der Waals surface area contributed by atoms with Crippen LogP contribution in [0.3, 0.4) is 0 Å². The fraction of sp³-hybridized carbons (Fsp3) is 0.263. The van der Waals surface area contributed by atoms with Crippen LogP contribution in [0, 0.1) is 0 Å². The number of amides is 1. The molecule has 1 amide bonds. The summed E-state index contributed by atoms with van der Waals surface area (Å²) in [5.41, 5.74) is 0.986. The number of hydrogen-bond donors (Lipinski definition) is 0. The Kier molecular flexibility index (Phi) is 5.94. The summed E-state index contributed by atoms with van der Waals surface area (Å²) < 4.78 is 8.69. The number of thioether (sulfide) groups is 1. The van der Waals surface area contributed by atoms with Crippen LogP contribution < -0.4 is 9.54 Å². The van der Waals surface area contributed by atoms with Gasteiger partial charge < -0.3 is 9.30 Å². The highest BCUT2D eigenvalue weighted by atomic mass is 32.2. The predicted octanol–water partition coefficient (Wildman–Crippen LogP) is 4.25. The number of ether oxygens (including phenoxy) is 1. The molecule has 0 saturated carbocycles. The van der Waals surface area contributed by atoms with E-state index in [4.69, 9.17) is 4.74 Å². The molecule has 0 saturated heterocycles. The fourth-order valence-electron chi connectivity index (χ4n) is 2.48. The molecule has 0 aliphatic heterocycles. The van der Waals surface area contributed by atoms with Crippen molar-refractivity contribution in [2.75, 3.05) is 12.4 Å². The minimum atomic E-state index is -0.0939. The second-order valence-electron chi connectivity index (χ2n) is 5.40. The third-order valence-electron chi connectivity index (χ3n) is 3.63. The maximum Gasteiger partial charge on any atom is 0.249 e. The molecular formula is C19H20N2O2S2. The normalized spacial score (nSPS) is 11.8. The van der Waals surface area contributed by atoms with Gasteiger partial charge in [0.1, 0.15) is 11.3 Å². The van der Waals surface area contributed by atoms with Crippen molar-refractivity contribution < 1.29 is 9.53 Å². The monoisotopic (exact) mass is 372 g/mol. The number of fused-ring (bicyclic) bond motifs is 1. The molecule has 25 heavy (non-hydrogen) atoms. The minimum Gasteiger partial charge on any atom is -0.492 e. The van der Waals surface area contributed by atoms with Gasteiger partial charge in [-0.1, -0.05) is 35.6 Å². The van der Waals surface area contributed by atoms with E-state index < -0.39 is 0 Å². The van der Waals surface area contributed by atoms with E-state index in [1.807, 2.05) is 67.1 Å². The van der Waals surface area contributed by atoms with Crippen LogP contribution in [0.5, 0.6) is 5.75 Å². The molecule has 0 bridgehead atoms. The summed E-state index contributed by atoms with van der Waals surface area (Å²) in [6.07, 6.45) is 0.423. The van der Waals surface area contributed by atoms with Gasteiger partial charge in [0.2, 0.25) is 5.91 Å². The lowest BCUT2D eigenvalue weighted by Crippen LogP contribution is -2.13. The van der Waals surface area contributed by atoms with Gasteiger partial charge in [0.05, 0.1) is 11.3 Å². The number of hydrogen-bond acceptors (Lipinski definition) is 4. The van der Waals surface area contributed by atoms with Crippen LogP contribution in [0.1, 0.15) is 13.3 Å². The van der Waals surface area contributed by atoms with E-state index in [1.54, 1.807) is 11.8 Å². The van der Waals surface area contributed by atoms with Crippen LogP contribution in [0.4, 0.5) is 0 Å². The zero-order valence-corrected chi connectivity index (χ0v) is 15.9. The quantitative estimate of drug-likeness (QED) is 0.608. The highest BCUT2D eigenvalue weighted by molar-refractivity contribution is 7.99. The smallest absolute Gasteiger partial charge is 0.249 e. The molecule has 0 unspecified atom stereocenters. The molecule has 4 nitrogen and oxygen atoms in total. The largest absolute Gasteiger partial charge is 0.492 e. The van der Waals surface area contributed by atoms with Crippen LogP contribution in [0.15, 0.2) is 58.4 Å². The van der Waals surface area contributed by atoms with Crippen LogP contribution in [0.25, 0.3) is 10.2 Å². The summed E-state index contributed by atoms with van der Waals surface area (Å²) >= 11 is 3.18. The number of nitrogens with zero attached hydrogens (tertiary/aromatic N) is 2. The third-order valence-corrected chi connectivity index (χ3v) is 5.74. The number of benzene rings is 2. The Morgan fingerprint density at radius 3 is 2.76 bits per heavy atom. The Morgan fingerprint density at radius 1 is 1.20 bits per heavy atom. The van der Waals surface area contributed by atoms with Crippen molar-refractivity contribution >= 4 is 39.2 Å². The fourth-order valence-corrected chi connectivity index (χ4v) is 4.40. The van der Waals surface area contributed by atoms with Crippen molar-refractivity contribution in [2.24, 2.45) is 12.0 Å². The molecule has 3 aromatic rings. The van der Waals surface area contributed by atoms with E-state index in [0.717, 1.165) is 21.7 Å². The number of thiazole rings is 1. The number of para-hydroxylation sites is 1. The summed E-state index contributed by atoms with van der Waals surface area (Å²) in [5.74, 6) is 1.46. The average molecular weight is 373 g/mol. The second kappa shape index (κ2) is 8.36. The molecule has 130 valence electrons. The first-order chi connectivity index (χ1) is 12.2. The van der Waals surface area contributed by atoms with Gasteiger partial charge in [0.25, 0.3) is 0 Å². The first-order valence-electron chi connectivity index (χ1n) is 8.15. The maximum atomic E-state index is 12.2. The Hall–Kier alpha value is -2.05. The van der Waals surface area contributed by atoms with E-state index in [9.17, 15) is 4.79 Å². The summed E-state index contributed by atoms with van der Waals surface area (Å²) in [6, 6.07) is 16.0. The number of aromatic nitrogens is 1. The third kappa shape index (κ3) is 4.32. The van der Waals surface area contributed by atoms with Gasteiger partial charge in [-0.05, 0) is 31.2 Å². The zero-order chi connectivity index (χ0) is 17.6. The molecule has 0 fully saturated rings. The molecule has 0 radical (unpaired) electrons. The van der Waals surface area contributed by atoms with Crippen molar-refractivity contribution in [1.82, 2.24) is 4.57 Å². The van der Waals surface area contributed by atoms with Crippen molar-refractivity contribution in [3.05, 3.63) is 53.3 Å². The lowest BCUT2D eigenvalue weighted by atomic mass is 10.3. The minimum absolute atomic E-state index is 0.0939. The number of carbonyl (C=O) groups excluding carboxylic acids is 1. The maximum absolute atomic E-state index is 12.2. The molecular weight excluding hydrogens is 352 g/mol. The summed E-state index contributed by atoms with van der Waals surface area (Å²) in [6.45, 7) is 2.57. The Morgan fingerprint density at radius 2 is 2.00 bits per heavy atom. The van der Waals surface area contributed by atoms with Crippen LogP contribution in [0.2, 0.25) is 0 Å². The molecule has 6 heteroatoms. The van der Waals surface area contributed by atoms with Crippen LogP contribution in [-0.2, 0) is 11.8 Å². The van der Waals surface area contributed by atoms with E-state index in [-0.39, 0.29) is 5.91 Å². The molecule has 0 atom stereocenters. The van der Waals surface area contributed by atoms with Crippen LogP contribution >= 0.6 is 23.1 Å². The highest BCUT2D eigenvalue weighted by Crippen LogP contribution is 2.26. The van der Waals surface area contributed by atoms with E-state index in [2.05, 4.69) is 4.99 Å². The van der Waals surface area contributed by atoms with Crippen molar-refractivity contribution in [1.29, 1.82) is 0 Å². The Balaban J connectivity index is 1.75.